The Balaban J connectivity index is 1.98. The van der Waals surface area contributed by atoms with Crippen LogP contribution in [0.5, 0.6) is 0 Å². The maximum atomic E-state index is 12.8. The lowest BCUT2D eigenvalue weighted by molar-refractivity contribution is 0.102. The number of benzene rings is 1. The van der Waals surface area contributed by atoms with Crippen LogP contribution in [0.2, 0.25) is 0 Å². The van der Waals surface area contributed by atoms with E-state index >= 15 is 0 Å². The summed E-state index contributed by atoms with van der Waals surface area (Å²) in [5.74, 6) is 0.222. The lowest BCUT2D eigenvalue weighted by atomic mass is 10.2. The minimum Gasteiger partial charge on any atom is -0.360 e. The molecule has 0 radical (unpaired) electrons. The Labute approximate surface area is 130 Å². The van der Waals surface area contributed by atoms with Gasteiger partial charge in [0.05, 0.1) is 11.9 Å². The first kappa shape index (κ1) is 15.9. The van der Waals surface area contributed by atoms with Crippen molar-refractivity contribution in [2.24, 2.45) is 0 Å². The highest BCUT2D eigenvalue weighted by molar-refractivity contribution is 6.04. The number of anilines is 2. The highest BCUT2D eigenvalue weighted by Gasteiger charge is 2.07. The first-order valence-electron chi connectivity index (χ1n) is 7.34. The van der Waals surface area contributed by atoms with Crippen LogP contribution >= 0.6 is 0 Å². The molecule has 0 unspecified atom stereocenters. The predicted molar refractivity (Wildman–Crippen MR) is 86.8 cm³/mol. The zero-order valence-electron chi connectivity index (χ0n) is 12.8. The Morgan fingerprint density at radius 2 is 1.95 bits per heavy atom. The maximum Gasteiger partial charge on any atom is 0.255 e. The van der Waals surface area contributed by atoms with Crippen LogP contribution in [0.15, 0.2) is 42.6 Å². The molecular weight excluding hydrogens is 281 g/mol. The van der Waals surface area contributed by atoms with Crippen molar-refractivity contribution in [2.75, 3.05) is 23.8 Å². The number of pyridine rings is 1. The Bertz CT molecular complexity index is 611. The molecular formula is C17H20FN3O. The molecule has 0 aliphatic rings. The highest BCUT2D eigenvalue weighted by Crippen LogP contribution is 2.14. The number of nitrogens with one attached hydrogen (secondary N) is 1. The predicted octanol–water partition coefficient (Wildman–Crippen LogP) is 3.71. The lowest BCUT2D eigenvalue weighted by Gasteiger charge is -2.17. The Hall–Kier alpha value is -2.43. The molecule has 2 rings (SSSR count). The van der Waals surface area contributed by atoms with Crippen molar-refractivity contribution in [3.63, 3.8) is 0 Å². The summed E-state index contributed by atoms with van der Waals surface area (Å²) in [6.45, 7) is 3.10. The fourth-order valence-corrected chi connectivity index (χ4v) is 2.00. The summed E-state index contributed by atoms with van der Waals surface area (Å²) in [5.41, 5.74) is 1.02. The fourth-order valence-electron chi connectivity index (χ4n) is 2.00. The molecule has 22 heavy (non-hydrogen) atoms. The molecule has 116 valence electrons. The van der Waals surface area contributed by atoms with Gasteiger partial charge in [0.1, 0.15) is 11.6 Å². The number of rotatable bonds is 6. The largest absolute Gasteiger partial charge is 0.360 e. The summed E-state index contributed by atoms with van der Waals surface area (Å²) in [4.78, 5) is 18.4. The number of nitrogens with zero attached hydrogens (tertiary/aromatic N) is 2. The minimum absolute atomic E-state index is 0.283. The van der Waals surface area contributed by atoms with Crippen molar-refractivity contribution in [1.29, 1.82) is 0 Å². The van der Waals surface area contributed by atoms with E-state index < -0.39 is 0 Å². The van der Waals surface area contributed by atoms with Gasteiger partial charge in [0.15, 0.2) is 0 Å². The third-order valence-electron chi connectivity index (χ3n) is 3.35. The van der Waals surface area contributed by atoms with Gasteiger partial charge < -0.3 is 10.2 Å². The van der Waals surface area contributed by atoms with Gasteiger partial charge in [-0.05, 0) is 42.8 Å². The van der Waals surface area contributed by atoms with Crippen LogP contribution in [0, 0.1) is 5.82 Å². The molecule has 0 saturated heterocycles. The molecule has 0 aliphatic carbocycles. The first-order chi connectivity index (χ1) is 10.6. The van der Waals surface area contributed by atoms with Gasteiger partial charge in [-0.1, -0.05) is 13.3 Å². The molecule has 4 nitrogen and oxygen atoms in total. The molecule has 0 bridgehead atoms. The molecule has 1 aromatic carbocycles. The summed E-state index contributed by atoms with van der Waals surface area (Å²) < 4.78 is 12.8. The van der Waals surface area contributed by atoms with Gasteiger partial charge in [-0.15, -0.1) is 0 Å². The van der Waals surface area contributed by atoms with Crippen molar-refractivity contribution in [3.05, 3.63) is 54.0 Å². The van der Waals surface area contributed by atoms with E-state index in [1.165, 1.54) is 24.3 Å². The SMILES string of the molecule is CCCCN(C)c1ccc(NC(=O)c2ccc(F)cc2)cn1. The second kappa shape index (κ2) is 7.54. The van der Waals surface area contributed by atoms with Gasteiger partial charge in [0, 0.05) is 19.2 Å². The molecule has 5 heteroatoms. The summed E-state index contributed by atoms with van der Waals surface area (Å²) in [6.07, 6.45) is 3.87. The van der Waals surface area contributed by atoms with Gasteiger partial charge in [0.2, 0.25) is 0 Å². The zero-order valence-corrected chi connectivity index (χ0v) is 12.8. The standard InChI is InChI=1S/C17H20FN3O/c1-3-4-11-21(2)16-10-9-15(12-19-16)20-17(22)13-5-7-14(18)8-6-13/h5-10,12H,3-4,11H2,1-2H3,(H,20,22). The average Bonchev–Trinajstić information content (AvgIpc) is 2.54. The third kappa shape index (κ3) is 4.28. The van der Waals surface area contributed by atoms with E-state index in [0.29, 0.717) is 11.3 Å². The number of halogens is 1. The van der Waals surface area contributed by atoms with Gasteiger partial charge in [-0.3, -0.25) is 4.79 Å². The van der Waals surface area contributed by atoms with Crippen molar-refractivity contribution in [3.8, 4) is 0 Å². The van der Waals surface area contributed by atoms with Crippen LogP contribution in [-0.2, 0) is 0 Å². The zero-order chi connectivity index (χ0) is 15.9. The number of carbonyl (C=O) groups excluding carboxylic acids is 1. The normalized spacial score (nSPS) is 10.3. The number of hydrogen-bond acceptors (Lipinski definition) is 3. The molecule has 1 amide bonds. The molecule has 0 spiro atoms. The fraction of sp³-hybridized carbons (Fsp3) is 0.294. The number of unbranched alkanes of at least 4 members (excludes halogenated alkanes) is 1. The number of aromatic nitrogens is 1. The van der Waals surface area contributed by atoms with E-state index in [2.05, 4.69) is 22.1 Å². The lowest BCUT2D eigenvalue weighted by Crippen LogP contribution is -2.19. The molecule has 0 fully saturated rings. The second-order valence-corrected chi connectivity index (χ2v) is 5.14. The van der Waals surface area contributed by atoms with E-state index in [9.17, 15) is 9.18 Å². The van der Waals surface area contributed by atoms with Crippen LogP contribution in [0.4, 0.5) is 15.9 Å². The van der Waals surface area contributed by atoms with Crippen molar-refractivity contribution >= 4 is 17.4 Å². The van der Waals surface area contributed by atoms with E-state index in [1.54, 1.807) is 6.20 Å². The van der Waals surface area contributed by atoms with E-state index in [4.69, 9.17) is 0 Å². The highest BCUT2D eigenvalue weighted by atomic mass is 19.1. The second-order valence-electron chi connectivity index (χ2n) is 5.14. The van der Waals surface area contributed by atoms with Crippen LogP contribution < -0.4 is 10.2 Å². The quantitative estimate of drug-likeness (QED) is 0.884. The Morgan fingerprint density at radius 3 is 2.55 bits per heavy atom. The third-order valence-corrected chi connectivity index (χ3v) is 3.35. The van der Waals surface area contributed by atoms with E-state index in [0.717, 1.165) is 25.2 Å². The minimum atomic E-state index is -0.363. The Morgan fingerprint density at radius 1 is 1.23 bits per heavy atom. The van der Waals surface area contributed by atoms with Crippen molar-refractivity contribution < 1.29 is 9.18 Å². The van der Waals surface area contributed by atoms with Gasteiger partial charge >= 0.3 is 0 Å². The molecule has 1 aromatic heterocycles. The van der Waals surface area contributed by atoms with Crippen LogP contribution in [0.25, 0.3) is 0 Å². The maximum absolute atomic E-state index is 12.8. The van der Waals surface area contributed by atoms with E-state index in [1.807, 2.05) is 19.2 Å². The number of amides is 1. The molecule has 1 N–H and O–H groups in total. The van der Waals surface area contributed by atoms with Gasteiger partial charge in [-0.25, -0.2) is 9.37 Å². The Kier molecular flexibility index (Phi) is 5.47. The van der Waals surface area contributed by atoms with Crippen LogP contribution in [0.1, 0.15) is 30.1 Å². The molecule has 0 atom stereocenters. The van der Waals surface area contributed by atoms with Gasteiger partial charge in [0.25, 0.3) is 5.91 Å². The van der Waals surface area contributed by atoms with Crippen LogP contribution in [0.3, 0.4) is 0 Å². The summed E-state index contributed by atoms with van der Waals surface area (Å²) in [6, 6.07) is 9.11. The summed E-state index contributed by atoms with van der Waals surface area (Å²) in [7, 11) is 1.99. The molecule has 1 heterocycles. The number of hydrogen-bond donors (Lipinski definition) is 1. The smallest absolute Gasteiger partial charge is 0.255 e. The van der Waals surface area contributed by atoms with Gasteiger partial charge in [-0.2, -0.15) is 0 Å². The molecule has 0 saturated carbocycles. The topological polar surface area (TPSA) is 45.2 Å². The first-order valence-corrected chi connectivity index (χ1v) is 7.34. The molecule has 0 aliphatic heterocycles. The van der Waals surface area contributed by atoms with Crippen molar-refractivity contribution in [1.82, 2.24) is 4.98 Å². The summed E-state index contributed by atoms with van der Waals surface area (Å²) in [5, 5.41) is 2.74. The average molecular weight is 301 g/mol. The molecule has 2 aromatic rings. The number of carbonyl (C=O) groups is 1. The van der Waals surface area contributed by atoms with E-state index in [-0.39, 0.29) is 11.7 Å². The van der Waals surface area contributed by atoms with Crippen molar-refractivity contribution in [2.45, 2.75) is 19.8 Å². The monoisotopic (exact) mass is 301 g/mol. The summed E-state index contributed by atoms with van der Waals surface area (Å²) >= 11 is 0. The van der Waals surface area contributed by atoms with Crippen LogP contribution in [-0.4, -0.2) is 24.5 Å².